The van der Waals surface area contributed by atoms with Crippen molar-refractivity contribution in [3.8, 4) is 0 Å². The van der Waals surface area contributed by atoms with Gasteiger partial charge in [-0.15, -0.1) is 0 Å². The zero-order chi connectivity index (χ0) is 18.2. The summed E-state index contributed by atoms with van der Waals surface area (Å²) in [5, 5.41) is 9.36. The molecule has 0 spiro atoms. The molecule has 10 heteroatoms. The predicted molar refractivity (Wildman–Crippen MR) is 89.2 cm³/mol. The lowest BCUT2D eigenvalue weighted by Gasteiger charge is -2.16. The average molecular weight is 353 g/mol. The summed E-state index contributed by atoms with van der Waals surface area (Å²) in [7, 11) is 3.74. The maximum Gasteiger partial charge on any atom is 0.508 e. The first-order chi connectivity index (χ1) is 12.1. The summed E-state index contributed by atoms with van der Waals surface area (Å²) in [6.45, 7) is 1.86. The van der Waals surface area contributed by atoms with Crippen molar-refractivity contribution >= 4 is 23.1 Å². The monoisotopic (exact) mass is 353 g/mol. The van der Waals surface area contributed by atoms with E-state index in [4.69, 9.17) is 14.2 Å². The second kappa shape index (κ2) is 9.14. The first kappa shape index (κ1) is 18.9. The number of anilines is 1. The van der Waals surface area contributed by atoms with E-state index in [9.17, 15) is 9.90 Å². The van der Waals surface area contributed by atoms with Crippen molar-refractivity contribution in [3.05, 3.63) is 12.7 Å². The molecule has 1 unspecified atom stereocenters. The molecule has 0 aliphatic carbocycles. The molecule has 0 amide bonds. The molecule has 0 saturated heterocycles. The van der Waals surface area contributed by atoms with Gasteiger partial charge in [0.2, 0.25) is 0 Å². The Morgan fingerprint density at radius 1 is 1.32 bits per heavy atom. The minimum atomic E-state index is -0.777. The van der Waals surface area contributed by atoms with Crippen LogP contribution in [0.15, 0.2) is 12.7 Å². The van der Waals surface area contributed by atoms with Crippen LogP contribution in [0, 0.1) is 0 Å². The van der Waals surface area contributed by atoms with Gasteiger partial charge in [0, 0.05) is 14.1 Å². The summed E-state index contributed by atoms with van der Waals surface area (Å²) in [4.78, 5) is 25.9. The number of aliphatic hydroxyl groups is 1. The van der Waals surface area contributed by atoms with Gasteiger partial charge in [0.1, 0.15) is 25.8 Å². The molecule has 138 valence electrons. The predicted octanol–water partition coefficient (Wildman–Crippen LogP) is 0.790. The second-order valence-corrected chi connectivity index (χ2v) is 5.49. The normalized spacial score (nSPS) is 12.2. The van der Waals surface area contributed by atoms with Gasteiger partial charge in [-0.1, -0.05) is 6.92 Å². The van der Waals surface area contributed by atoms with Gasteiger partial charge in [0.05, 0.1) is 19.5 Å². The number of aliphatic hydroxyl groups excluding tert-OH is 1. The van der Waals surface area contributed by atoms with Crippen molar-refractivity contribution in [2.45, 2.75) is 26.2 Å². The Morgan fingerprint density at radius 3 is 2.80 bits per heavy atom. The lowest BCUT2D eigenvalue weighted by atomic mass is 10.4. The minimum absolute atomic E-state index is 0.0962. The van der Waals surface area contributed by atoms with Crippen molar-refractivity contribution in [1.29, 1.82) is 0 Å². The molecular weight excluding hydrogens is 330 g/mol. The number of ether oxygens (including phenoxy) is 3. The third-order valence-corrected chi connectivity index (χ3v) is 3.27. The number of carbonyl (C=O) groups excluding carboxylic acids is 1. The molecule has 0 fully saturated rings. The molecule has 2 rings (SSSR count). The molecule has 2 heterocycles. The van der Waals surface area contributed by atoms with E-state index in [-0.39, 0.29) is 19.9 Å². The van der Waals surface area contributed by atoms with Crippen LogP contribution in [-0.4, -0.2) is 70.8 Å². The van der Waals surface area contributed by atoms with Crippen LogP contribution in [-0.2, 0) is 20.9 Å². The number of hydrogen-bond donors (Lipinski definition) is 1. The molecular formula is C15H23N5O5. The van der Waals surface area contributed by atoms with Crippen molar-refractivity contribution in [3.63, 3.8) is 0 Å². The molecule has 1 atom stereocenters. The molecule has 0 aliphatic rings. The second-order valence-electron chi connectivity index (χ2n) is 5.49. The number of hydrogen-bond acceptors (Lipinski definition) is 9. The van der Waals surface area contributed by atoms with E-state index in [0.717, 1.165) is 0 Å². The van der Waals surface area contributed by atoms with Crippen LogP contribution >= 0.6 is 0 Å². The summed E-state index contributed by atoms with van der Waals surface area (Å²) in [6, 6.07) is 0. The standard InChI is InChI=1S/C15H23N5O5/c1-4-5-23-15(22)24-7-11(6-21)25-10-20-9-18-12-13(19(2)3)16-8-17-14(12)20/h8-9,11,21H,4-7,10H2,1-3H3. The van der Waals surface area contributed by atoms with Gasteiger partial charge in [-0.3, -0.25) is 4.57 Å². The Balaban J connectivity index is 1.94. The number of carbonyl (C=O) groups is 1. The van der Waals surface area contributed by atoms with Gasteiger partial charge in [-0.05, 0) is 6.42 Å². The van der Waals surface area contributed by atoms with E-state index in [1.165, 1.54) is 6.33 Å². The lowest BCUT2D eigenvalue weighted by Crippen LogP contribution is -2.27. The molecule has 0 bridgehead atoms. The third kappa shape index (κ3) is 5.00. The highest BCUT2D eigenvalue weighted by Gasteiger charge is 2.15. The van der Waals surface area contributed by atoms with Crippen LogP contribution in [0.3, 0.4) is 0 Å². The molecule has 0 saturated carbocycles. The van der Waals surface area contributed by atoms with Crippen LogP contribution in [0.2, 0.25) is 0 Å². The van der Waals surface area contributed by atoms with Crippen molar-refractivity contribution in [1.82, 2.24) is 19.5 Å². The zero-order valence-corrected chi connectivity index (χ0v) is 14.6. The fourth-order valence-corrected chi connectivity index (χ4v) is 2.02. The molecule has 2 aromatic rings. The summed E-state index contributed by atoms with van der Waals surface area (Å²) in [6.07, 6.45) is 2.28. The Labute approximate surface area is 145 Å². The Bertz CT molecular complexity index is 690. The van der Waals surface area contributed by atoms with Crippen molar-refractivity contribution in [2.75, 3.05) is 38.8 Å². The first-order valence-corrected chi connectivity index (χ1v) is 7.92. The quantitative estimate of drug-likeness (QED) is 0.654. The van der Waals surface area contributed by atoms with Gasteiger partial charge in [-0.25, -0.2) is 19.7 Å². The fourth-order valence-electron chi connectivity index (χ4n) is 2.02. The third-order valence-electron chi connectivity index (χ3n) is 3.27. The van der Waals surface area contributed by atoms with Crippen molar-refractivity contribution < 1.29 is 24.1 Å². The summed E-state index contributed by atoms with van der Waals surface area (Å²) in [5.41, 5.74) is 1.26. The number of imidazole rings is 1. The molecule has 10 nitrogen and oxygen atoms in total. The van der Waals surface area contributed by atoms with Gasteiger partial charge in [0.15, 0.2) is 17.0 Å². The van der Waals surface area contributed by atoms with Crippen LogP contribution in [0.4, 0.5) is 10.6 Å². The van der Waals surface area contributed by atoms with Gasteiger partial charge < -0.3 is 24.2 Å². The van der Waals surface area contributed by atoms with Crippen LogP contribution in [0.25, 0.3) is 11.2 Å². The van der Waals surface area contributed by atoms with Gasteiger partial charge >= 0.3 is 6.16 Å². The highest BCUT2D eigenvalue weighted by Crippen LogP contribution is 2.19. The van der Waals surface area contributed by atoms with E-state index in [1.54, 1.807) is 10.9 Å². The topological polar surface area (TPSA) is 112 Å². The number of aromatic nitrogens is 4. The van der Waals surface area contributed by atoms with E-state index < -0.39 is 12.3 Å². The minimum Gasteiger partial charge on any atom is -0.434 e. The molecule has 2 aromatic heterocycles. The van der Waals surface area contributed by atoms with Gasteiger partial charge in [-0.2, -0.15) is 0 Å². The molecule has 0 aromatic carbocycles. The van der Waals surface area contributed by atoms with Crippen molar-refractivity contribution in [2.24, 2.45) is 0 Å². The average Bonchev–Trinajstić information content (AvgIpc) is 3.03. The van der Waals surface area contributed by atoms with E-state index in [1.807, 2.05) is 25.9 Å². The molecule has 0 aliphatic heterocycles. The Hall–Kier alpha value is -2.46. The summed E-state index contributed by atoms with van der Waals surface area (Å²) in [5.74, 6) is 0.699. The number of fused-ring (bicyclic) bond motifs is 1. The fraction of sp³-hybridized carbons (Fsp3) is 0.600. The van der Waals surface area contributed by atoms with Gasteiger partial charge in [0.25, 0.3) is 0 Å². The van der Waals surface area contributed by atoms with E-state index >= 15 is 0 Å². The highest BCUT2D eigenvalue weighted by atomic mass is 16.7. The highest BCUT2D eigenvalue weighted by molar-refractivity contribution is 5.82. The number of rotatable bonds is 9. The number of nitrogens with zero attached hydrogens (tertiary/aromatic N) is 5. The smallest absolute Gasteiger partial charge is 0.434 e. The maximum absolute atomic E-state index is 11.3. The lowest BCUT2D eigenvalue weighted by molar-refractivity contribution is -0.0615. The van der Waals surface area contributed by atoms with Crippen LogP contribution in [0.1, 0.15) is 13.3 Å². The van der Waals surface area contributed by atoms with Crippen LogP contribution in [0.5, 0.6) is 0 Å². The molecule has 0 radical (unpaired) electrons. The maximum atomic E-state index is 11.3. The molecule has 1 N–H and O–H groups in total. The summed E-state index contributed by atoms with van der Waals surface area (Å²) >= 11 is 0. The zero-order valence-electron chi connectivity index (χ0n) is 14.6. The summed E-state index contributed by atoms with van der Waals surface area (Å²) < 4.78 is 16.9. The van der Waals surface area contributed by atoms with Crippen LogP contribution < -0.4 is 4.90 Å². The first-order valence-electron chi connectivity index (χ1n) is 7.92. The Morgan fingerprint density at radius 2 is 2.12 bits per heavy atom. The molecule has 25 heavy (non-hydrogen) atoms. The van der Waals surface area contributed by atoms with E-state index in [0.29, 0.717) is 30.0 Å². The Kier molecular flexibility index (Phi) is 6.90. The largest absolute Gasteiger partial charge is 0.508 e. The van der Waals surface area contributed by atoms with E-state index in [2.05, 4.69) is 15.0 Å². The SMILES string of the molecule is CCCOC(=O)OCC(CO)OCn1cnc2c(N(C)C)ncnc21.